The maximum atomic E-state index is 12.5. The summed E-state index contributed by atoms with van der Waals surface area (Å²) in [4.78, 5) is 28.5. The molecule has 1 aromatic rings. The van der Waals surface area contributed by atoms with E-state index in [1.165, 1.54) is 25.4 Å². The van der Waals surface area contributed by atoms with Gasteiger partial charge in [-0.15, -0.1) is 0 Å². The Morgan fingerprint density at radius 2 is 1.96 bits per heavy atom. The number of nitrogens with zero attached hydrogens (tertiary/aromatic N) is 2. The summed E-state index contributed by atoms with van der Waals surface area (Å²) in [6.45, 7) is 4.86. The quantitative estimate of drug-likeness (QED) is 0.839. The smallest absolute Gasteiger partial charge is 0.257 e. The van der Waals surface area contributed by atoms with Crippen LogP contribution in [0, 0.1) is 5.92 Å². The van der Waals surface area contributed by atoms with Crippen molar-refractivity contribution in [3.05, 3.63) is 24.2 Å². The van der Waals surface area contributed by atoms with Crippen LogP contribution in [0.5, 0.6) is 0 Å². The van der Waals surface area contributed by atoms with Crippen LogP contribution in [0.15, 0.2) is 23.0 Å². The fraction of sp³-hybridized carbons (Fsp3) is 0.684. The molecule has 6 nitrogen and oxygen atoms in total. The summed E-state index contributed by atoms with van der Waals surface area (Å²) >= 11 is 0. The van der Waals surface area contributed by atoms with E-state index in [2.05, 4.69) is 6.92 Å². The van der Waals surface area contributed by atoms with Crippen molar-refractivity contribution >= 4 is 11.8 Å². The number of carbonyl (C=O) groups is 2. The fourth-order valence-corrected chi connectivity index (χ4v) is 3.75. The first kappa shape index (κ1) is 18.0. The lowest BCUT2D eigenvalue weighted by Crippen LogP contribution is -2.39. The van der Waals surface area contributed by atoms with E-state index in [0.717, 1.165) is 19.3 Å². The molecule has 25 heavy (non-hydrogen) atoms. The molecule has 0 radical (unpaired) electrons. The van der Waals surface area contributed by atoms with Crippen LogP contribution in [0.1, 0.15) is 49.4 Å². The molecular formula is C19H28N2O4. The molecule has 1 aromatic heterocycles. The molecule has 0 spiro atoms. The van der Waals surface area contributed by atoms with Gasteiger partial charge in [0.05, 0.1) is 17.9 Å². The molecule has 1 saturated carbocycles. The maximum Gasteiger partial charge on any atom is 0.257 e. The Morgan fingerprint density at radius 3 is 2.72 bits per heavy atom. The predicted octanol–water partition coefficient (Wildman–Crippen LogP) is 2.55. The minimum absolute atomic E-state index is 0.0320. The Kier molecular flexibility index (Phi) is 6.13. The second-order valence-corrected chi connectivity index (χ2v) is 7.24. The molecule has 2 fully saturated rings. The van der Waals surface area contributed by atoms with E-state index in [1.54, 1.807) is 11.0 Å². The van der Waals surface area contributed by atoms with Gasteiger partial charge in [0.1, 0.15) is 12.9 Å². The van der Waals surface area contributed by atoms with Gasteiger partial charge in [-0.25, -0.2) is 0 Å². The largest absolute Gasteiger partial charge is 0.472 e. The highest BCUT2D eigenvalue weighted by Gasteiger charge is 2.25. The number of ether oxygens (including phenoxy) is 1. The van der Waals surface area contributed by atoms with Crippen LogP contribution in [-0.4, -0.2) is 60.5 Å². The number of amides is 2. The summed E-state index contributed by atoms with van der Waals surface area (Å²) in [6.07, 6.45) is 8.55. The Hall–Kier alpha value is -1.82. The van der Waals surface area contributed by atoms with Crippen molar-refractivity contribution in [3.8, 4) is 0 Å². The summed E-state index contributed by atoms with van der Waals surface area (Å²) in [5, 5.41) is 0. The van der Waals surface area contributed by atoms with Gasteiger partial charge in [-0.1, -0.05) is 19.8 Å². The molecule has 0 aromatic carbocycles. The van der Waals surface area contributed by atoms with Crippen molar-refractivity contribution in [2.45, 2.75) is 45.1 Å². The van der Waals surface area contributed by atoms with Gasteiger partial charge in [-0.2, -0.15) is 0 Å². The SMILES string of the molecule is C[C@@H]1CCC[C@@H](OCC(=O)N2CCCN(C(=O)c3ccoc3)CC2)C1. The first-order valence-corrected chi connectivity index (χ1v) is 9.34. The van der Waals surface area contributed by atoms with Gasteiger partial charge in [0.15, 0.2) is 0 Å². The highest BCUT2D eigenvalue weighted by atomic mass is 16.5. The van der Waals surface area contributed by atoms with Crippen LogP contribution in [0.25, 0.3) is 0 Å². The number of hydrogen-bond acceptors (Lipinski definition) is 4. The summed E-state index contributed by atoms with van der Waals surface area (Å²) in [5.74, 6) is 0.695. The zero-order valence-corrected chi connectivity index (χ0v) is 15.0. The molecule has 0 bridgehead atoms. The third-order valence-corrected chi connectivity index (χ3v) is 5.23. The molecule has 3 rings (SSSR count). The van der Waals surface area contributed by atoms with Crippen molar-refractivity contribution in [1.82, 2.24) is 9.80 Å². The number of carbonyl (C=O) groups excluding carboxylic acids is 2. The van der Waals surface area contributed by atoms with E-state index in [4.69, 9.17) is 9.15 Å². The fourth-order valence-electron chi connectivity index (χ4n) is 3.75. The monoisotopic (exact) mass is 348 g/mol. The Labute approximate surface area is 149 Å². The lowest BCUT2D eigenvalue weighted by molar-refractivity contribution is -0.139. The van der Waals surface area contributed by atoms with Gasteiger partial charge in [0.25, 0.3) is 5.91 Å². The molecule has 0 unspecified atom stereocenters. The van der Waals surface area contributed by atoms with Crippen molar-refractivity contribution in [2.75, 3.05) is 32.8 Å². The molecule has 0 N–H and O–H groups in total. The molecule has 2 atom stereocenters. The zero-order chi connectivity index (χ0) is 17.6. The lowest BCUT2D eigenvalue weighted by Gasteiger charge is -2.28. The molecular weight excluding hydrogens is 320 g/mol. The molecule has 2 heterocycles. The zero-order valence-electron chi connectivity index (χ0n) is 15.0. The van der Waals surface area contributed by atoms with Gasteiger partial charge in [0.2, 0.25) is 5.91 Å². The standard InChI is InChI=1S/C19H28N2O4/c1-15-4-2-5-17(12-15)25-14-18(22)20-7-3-8-21(10-9-20)19(23)16-6-11-24-13-16/h6,11,13,15,17H,2-5,7-10,12,14H2,1H3/t15-,17-/m1/s1. The van der Waals surface area contributed by atoms with Crippen molar-refractivity contribution in [3.63, 3.8) is 0 Å². The van der Waals surface area contributed by atoms with Crippen LogP contribution >= 0.6 is 0 Å². The van der Waals surface area contributed by atoms with Gasteiger partial charge >= 0.3 is 0 Å². The lowest BCUT2D eigenvalue weighted by atomic mass is 9.89. The summed E-state index contributed by atoms with van der Waals surface area (Å²) < 4.78 is 10.8. The highest BCUT2D eigenvalue weighted by molar-refractivity contribution is 5.93. The highest BCUT2D eigenvalue weighted by Crippen LogP contribution is 2.25. The van der Waals surface area contributed by atoms with Crippen molar-refractivity contribution in [1.29, 1.82) is 0 Å². The molecule has 2 amide bonds. The molecule has 1 aliphatic carbocycles. The predicted molar refractivity (Wildman–Crippen MR) is 93.2 cm³/mol. The third kappa shape index (κ3) is 4.84. The number of furan rings is 1. The average molecular weight is 348 g/mol. The number of hydrogen-bond donors (Lipinski definition) is 0. The third-order valence-electron chi connectivity index (χ3n) is 5.23. The summed E-state index contributed by atoms with van der Waals surface area (Å²) in [5.41, 5.74) is 0.564. The molecule has 6 heteroatoms. The van der Waals surface area contributed by atoms with Gasteiger partial charge < -0.3 is 19.0 Å². The van der Waals surface area contributed by atoms with E-state index in [0.29, 0.717) is 37.7 Å². The average Bonchev–Trinajstić information content (AvgIpc) is 3.03. The maximum absolute atomic E-state index is 12.5. The van der Waals surface area contributed by atoms with Gasteiger partial charge in [0, 0.05) is 26.2 Å². The molecule has 1 saturated heterocycles. The van der Waals surface area contributed by atoms with E-state index < -0.39 is 0 Å². The van der Waals surface area contributed by atoms with Gasteiger partial charge in [-0.3, -0.25) is 9.59 Å². The Morgan fingerprint density at radius 1 is 1.16 bits per heavy atom. The summed E-state index contributed by atoms with van der Waals surface area (Å²) in [6, 6.07) is 1.68. The van der Waals surface area contributed by atoms with Crippen LogP contribution in [0.3, 0.4) is 0 Å². The minimum atomic E-state index is -0.0320. The first-order chi connectivity index (χ1) is 12.1. The minimum Gasteiger partial charge on any atom is -0.472 e. The topological polar surface area (TPSA) is 63.0 Å². The number of rotatable bonds is 4. The van der Waals surface area contributed by atoms with E-state index in [9.17, 15) is 9.59 Å². The Balaban J connectivity index is 1.45. The second kappa shape index (κ2) is 8.52. The van der Waals surface area contributed by atoms with E-state index in [-0.39, 0.29) is 24.5 Å². The van der Waals surface area contributed by atoms with E-state index in [1.807, 2.05) is 4.90 Å². The van der Waals surface area contributed by atoms with Crippen LogP contribution in [-0.2, 0) is 9.53 Å². The molecule has 1 aliphatic heterocycles. The first-order valence-electron chi connectivity index (χ1n) is 9.34. The molecule has 2 aliphatic rings. The van der Waals surface area contributed by atoms with Crippen molar-refractivity contribution in [2.24, 2.45) is 5.92 Å². The van der Waals surface area contributed by atoms with Crippen LogP contribution < -0.4 is 0 Å². The van der Waals surface area contributed by atoms with Gasteiger partial charge in [-0.05, 0) is 31.2 Å². The summed E-state index contributed by atoms with van der Waals surface area (Å²) in [7, 11) is 0. The molecule has 138 valence electrons. The van der Waals surface area contributed by atoms with Crippen LogP contribution in [0.4, 0.5) is 0 Å². The van der Waals surface area contributed by atoms with Crippen molar-refractivity contribution < 1.29 is 18.7 Å². The Bertz CT molecular complexity index is 572. The normalized spacial score (nSPS) is 24.8. The van der Waals surface area contributed by atoms with Crippen LogP contribution in [0.2, 0.25) is 0 Å². The van der Waals surface area contributed by atoms with E-state index >= 15 is 0 Å². The second-order valence-electron chi connectivity index (χ2n) is 7.24.